The van der Waals surface area contributed by atoms with E-state index in [-0.39, 0.29) is 5.91 Å². The second kappa shape index (κ2) is 7.03. The maximum atomic E-state index is 11.6. The van der Waals surface area contributed by atoms with Crippen LogP contribution in [0, 0.1) is 19.8 Å². The lowest BCUT2D eigenvalue weighted by atomic mass is 9.98. The zero-order chi connectivity index (χ0) is 19.8. The van der Waals surface area contributed by atoms with Crippen molar-refractivity contribution in [3.8, 4) is 22.6 Å². The molecule has 4 rings (SSSR count). The first-order valence-corrected chi connectivity index (χ1v) is 9.26. The Morgan fingerprint density at radius 3 is 2.86 bits per heavy atom. The number of fused-ring (bicyclic) bond motifs is 1. The van der Waals surface area contributed by atoms with E-state index in [1.54, 1.807) is 23.5 Å². The Bertz CT molecular complexity index is 1060. The number of amides is 1. The number of phenolic OH excluding ortho intramolecular Hbond substituents is 1. The van der Waals surface area contributed by atoms with Crippen molar-refractivity contribution in [2.24, 2.45) is 5.92 Å². The third-order valence-corrected chi connectivity index (χ3v) is 5.26. The molecule has 1 fully saturated rings. The van der Waals surface area contributed by atoms with Crippen molar-refractivity contribution in [3.63, 3.8) is 0 Å². The first-order chi connectivity index (χ1) is 13.5. The minimum Gasteiger partial charge on any atom is -0.508 e. The first-order valence-electron chi connectivity index (χ1n) is 9.26. The highest BCUT2D eigenvalue weighted by Crippen LogP contribution is 2.33. The van der Waals surface area contributed by atoms with Crippen molar-refractivity contribution in [2.75, 3.05) is 19.7 Å². The number of carbonyl (C=O) groups excluding carboxylic acids is 1. The maximum absolute atomic E-state index is 11.6. The molecule has 1 aliphatic heterocycles. The number of aromatic nitrogens is 2. The van der Waals surface area contributed by atoms with Crippen molar-refractivity contribution in [1.29, 1.82) is 0 Å². The van der Waals surface area contributed by atoms with Crippen LogP contribution in [0.5, 0.6) is 11.5 Å². The van der Waals surface area contributed by atoms with Crippen LogP contribution < -0.4 is 4.74 Å². The van der Waals surface area contributed by atoms with Crippen LogP contribution in [0.4, 0.5) is 0 Å². The summed E-state index contributed by atoms with van der Waals surface area (Å²) in [5.41, 5.74) is 4.76. The molecule has 3 heterocycles. The number of imidazole rings is 1. The molecule has 2 aromatic heterocycles. The number of hydrogen-bond acceptors (Lipinski definition) is 4. The molecule has 1 N–H and O–H groups in total. The molecule has 144 valence electrons. The molecule has 28 heavy (non-hydrogen) atoms. The normalized spacial score (nSPS) is 14.1. The summed E-state index contributed by atoms with van der Waals surface area (Å²) in [6.45, 7) is 9.31. The molecule has 6 heteroatoms. The van der Waals surface area contributed by atoms with Crippen LogP contribution in [-0.2, 0) is 4.79 Å². The molecule has 1 aromatic carbocycles. The van der Waals surface area contributed by atoms with Crippen LogP contribution in [-0.4, -0.2) is 45.0 Å². The van der Waals surface area contributed by atoms with E-state index in [0.717, 1.165) is 33.5 Å². The van der Waals surface area contributed by atoms with Crippen LogP contribution in [0.2, 0.25) is 0 Å². The van der Waals surface area contributed by atoms with Gasteiger partial charge in [0.1, 0.15) is 17.0 Å². The highest BCUT2D eigenvalue weighted by Gasteiger charge is 2.29. The number of rotatable bonds is 5. The van der Waals surface area contributed by atoms with Gasteiger partial charge in [-0.2, -0.15) is 0 Å². The molecule has 1 aliphatic rings. The second-order valence-corrected chi connectivity index (χ2v) is 7.36. The van der Waals surface area contributed by atoms with Crippen LogP contribution in [0.3, 0.4) is 0 Å². The van der Waals surface area contributed by atoms with Gasteiger partial charge in [0.05, 0.1) is 19.1 Å². The molecule has 0 atom stereocenters. The van der Waals surface area contributed by atoms with Gasteiger partial charge in [-0.05, 0) is 54.8 Å². The molecule has 0 radical (unpaired) electrons. The van der Waals surface area contributed by atoms with Crippen molar-refractivity contribution >= 4 is 11.4 Å². The number of benzene rings is 1. The van der Waals surface area contributed by atoms with Crippen molar-refractivity contribution < 1.29 is 14.6 Å². The third-order valence-electron chi connectivity index (χ3n) is 5.26. The first kappa shape index (κ1) is 18.1. The number of aromatic hydroxyl groups is 1. The van der Waals surface area contributed by atoms with Gasteiger partial charge >= 0.3 is 0 Å². The summed E-state index contributed by atoms with van der Waals surface area (Å²) < 4.78 is 8.07. The molecule has 0 unspecified atom stereocenters. The Morgan fingerprint density at radius 1 is 1.32 bits per heavy atom. The molecule has 0 spiro atoms. The minimum absolute atomic E-state index is 0.0328. The lowest BCUT2D eigenvalue weighted by Crippen LogP contribution is -2.51. The summed E-state index contributed by atoms with van der Waals surface area (Å²) in [6, 6.07) is 5.78. The van der Waals surface area contributed by atoms with Crippen LogP contribution in [0.15, 0.2) is 49.6 Å². The van der Waals surface area contributed by atoms with E-state index in [2.05, 4.69) is 11.6 Å². The van der Waals surface area contributed by atoms with E-state index in [1.165, 1.54) is 6.08 Å². The summed E-state index contributed by atoms with van der Waals surface area (Å²) in [6.07, 6.45) is 6.89. The van der Waals surface area contributed by atoms with Crippen LogP contribution in [0.1, 0.15) is 11.1 Å². The Hall–Kier alpha value is -3.28. The number of pyridine rings is 1. The monoisotopic (exact) mass is 377 g/mol. The number of nitrogens with zero attached hydrogens (tertiary/aromatic N) is 3. The Labute approximate surface area is 163 Å². The number of aryl methyl sites for hydroxylation is 2. The molecule has 0 saturated carbocycles. The van der Waals surface area contributed by atoms with Gasteiger partial charge in [-0.15, -0.1) is 0 Å². The average molecular weight is 377 g/mol. The minimum atomic E-state index is -0.0328. The van der Waals surface area contributed by atoms with E-state index >= 15 is 0 Å². The fourth-order valence-corrected chi connectivity index (χ4v) is 3.57. The molecular weight excluding hydrogens is 354 g/mol. The Kier molecular flexibility index (Phi) is 4.55. The topological polar surface area (TPSA) is 67.1 Å². The highest BCUT2D eigenvalue weighted by molar-refractivity contribution is 5.87. The predicted molar refractivity (Wildman–Crippen MR) is 108 cm³/mol. The SMILES string of the molecule is C=CC(=O)N1CC(COc2cc(-c3cc(C)c(O)cc3C)cn3cncc23)C1. The molecule has 1 saturated heterocycles. The van der Waals surface area contributed by atoms with Gasteiger partial charge in [0.2, 0.25) is 5.91 Å². The molecule has 1 amide bonds. The fourth-order valence-electron chi connectivity index (χ4n) is 3.57. The van der Waals surface area contributed by atoms with Gasteiger partial charge in [0.15, 0.2) is 0 Å². The Balaban J connectivity index is 1.59. The third kappa shape index (κ3) is 3.22. The molecule has 0 bridgehead atoms. The number of carbonyl (C=O) groups is 1. The number of ether oxygens (including phenoxy) is 1. The van der Waals surface area contributed by atoms with E-state index in [0.29, 0.717) is 31.4 Å². The van der Waals surface area contributed by atoms with Gasteiger partial charge in [0, 0.05) is 30.8 Å². The van der Waals surface area contributed by atoms with Crippen molar-refractivity contribution in [3.05, 3.63) is 60.7 Å². The number of phenols is 1. The molecule has 3 aromatic rings. The van der Waals surface area contributed by atoms with Gasteiger partial charge in [-0.3, -0.25) is 4.79 Å². The number of likely N-dealkylation sites (tertiary alicyclic amines) is 1. The number of hydrogen-bond donors (Lipinski definition) is 1. The summed E-state index contributed by atoms with van der Waals surface area (Å²) in [7, 11) is 0. The molecular formula is C22H23N3O3. The predicted octanol–water partition coefficient (Wildman–Crippen LogP) is 3.35. The van der Waals surface area contributed by atoms with Crippen LogP contribution in [0.25, 0.3) is 16.6 Å². The average Bonchev–Trinajstić information content (AvgIpc) is 3.11. The smallest absolute Gasteiger partial charge is 0.245 e. The standard InChI is InChI=1S/C22H23N3O3/c1-4-22(27)24-9-16(10-24)12-28-21-7-17(11-25-13-23-8-19(21)25)18-5-15(3)20(26)6-14(18)2/h4-8,11,13,16,26H,1,9-10,12H2,2-3H3. The van der Waals surface area contributed by atoms with E-state index < -0.39 is 0 Å². The van der Waals surface area contributed by atoms with Crippen molar-refractivity contribution in [1.82, 2.24) is 14.3 Å². The quantitative estimate of drug-likeness (QED) is 0.693. The van der Waals surface area contributed by atoms with Gasteiger partial charge in [-0.25, -0.2) is 4.98 Å². The lowest BCUT2D eigenvalue weighted by Gasteiger charge is -2.38. The molecule has 6 nitrogen and oxygen atoms in total. The molecule has 0 aliphatic carbocycles. The van der Waals surface area contributed by atoms with Crippen molar-refractivity contribution in [2.45, 2.75) is 13.8 Å². The fraction of sp³-hybridized carbons (Fsp3) is 0.273. The zero-order valence-electron chi connectivity index (χ0n) is 16.1. The van der Waals surface area contributed by atoms with E-state index in [1.807, 2.05) is 36.6 Å². The maximum Gasteiger partial charge on any atom is 0.245 e. The van der Waals surface area contributed by atoms with E-state index in [4.69, 9.17) is 4.74 Å². The van der Waals surface area contributed by atoms with Gasteiger partial charge in [0.25, 0.3) is 0 Å². The summed E-state index contributed by atoms with van der Waals surface area (Å²) >= 11 is 0. The van der Waals surface area contributed by atoms with E-state index in [9.17, 15) is 9.90 Å². The lowest BCUT2D eigenvalue weighted by molar-refractivity contribution is -0.132. The summed E-state index contributed by atoms with van der Waals surface area (Å²) in [4.78, 5) is 17.6. The highest BCUT2D eigenvalue weighted by atomic mass is 16.5. The second-order valence-electron chi connectivity index (χ2n) is 7.36. The van der Waals surface area contributed by atoms with Gasteiger partial charge < -0.3 is 19.1 Å². The van der Waals surface area contributed by atoms with Gasteiger partial charge in [-0.1, -0.05) is 6.58 Å². The largest absolute Gasteiger partial charge is 0.508 e. The summed E-state index contributed by atoms with van der Waals surface area (Å²) in [5.74, 6) is 1.33. The zero-order valence-corrected chi connectivity index (χ0v) is 16.1. The summed E-state index contributed by atoms with van der Waals surface area (Å²) in [5, 5.41) is 9.95. The Morgan fingerprint density at radius 2 is 2.11 bits per heavy atom. The van der Waals surface area contributed by atoms with Crippen LogP contribution >= 0.6 is 0 Å².